The van der Waals surface area contributed by atoms with Crippen LogP contribution in [-0.4, -0.2) is 23.7 Å². The topological polar surface area (TPSA) is 63.6 Å². The third-order valence-electron chi connectivity index (χ3n) is 2.14. The Hall–Kier alpha value is -2.10. The predicted molar refractivity (Wildman–Crippen MR) is 62.5 cm³/mol. The van der Waals surface area contributed by atoms with Gasteiger partial charge < -0.3 is 9.84 Å². The zero-order valence-electron chi connectivity index (χ0n) is 9.55. The molecule has 0 aromatic heterocycles. The minimum Gasteiger partial charge on any atom is -0.479 e. The van der Waals surface area contributed by atoms with Crippen LogP contribution < -0.4 is 0 Å². The van der Waals surface area contributed by atoms with Gasteiger partial charge >= 0.3 is 11.9 Å². The van der Waals surface area contributed by atoms with Crippen LogP contribution in [0.25, 0.3) is 0 Å². The van der Waals surface area contributed by atoms with Crippen molar-refractivity contribution in [1.82, 2.24) is 0 Å². The van der Waals surface area contributed by atoms with E-state index < -0.39 is 18.5 Å². The molecule has 0 atom stereocenters. The van der Waals surface area contributed by atoms with E-state index in [1.54, 1.807) is 13.0 Å². The van der Waals surface area contributed by atoms with Gasteiger partial charge in [0, 0.05) is 5.57 Å². The van der Waals surface area contributed by atoms with Crippen molar-refractivity contribution >= 4 is 11.9 Å². The highest BCUT2D eigenvalue weighted by atomic mass is 16.5. The summed E-state index contributed by atoms with van der Waals surface area (Å²) in [6, 6.07) is 9.66. The first-order chi connectivity index (χ1) is 8.09. The Morgan fingerprint density at radius 3 is 2.53 bits per heavy atom. The van der Waals surface area contributed by atoms with E-state index in [0.717, 1.165) is 5.56 Å². The maximum absolute atomic E-state index is 11.3. The Labute approximate surface area is 99.5 Å². The fourth-order valence-corrected chi connectivity index (χ4v) is 1.21. The number of carboxylic acid groups (broad SMARTS) is 1. The number of carbonyl (C=O) groups excluding carboxylic acids is 1. The van der Waals surface area contributed by atoms with E-state index in [2.05, 4.69) is 4.74 Å². The maximum Gasteiger partial charge on any atom is 0.341 e. The molecule has 0 aliphatic carbocycles. The molecule has 0 saturated carbocycles. The van der Waals surface area contributed by atoms with Crippen molar-refractivity contribution in [1.29, 1.82) is 0 Å². The Morgan fingerprint density at radius 1 is 1.29 bits per heavy atom. The van der Waals surface area contributed by atoms with Crippen LogP contribution in [0.3, 0.4) is 0 Å². The third-order valence-corrected chi connectivity index (χ3v) is 2.14. The summed E-state index contributed by atoms with van der Waals surface area (Å²) >= 11 is 0. The van der Waals surface area contributed by atoms with Crippen molar-refractivity contribution in [2.75, 3.05) is 6.61 Å². The normalized spacial score (nSPS) is 11.0. The van der Waals surface area contributed by atoms with Crippen LogP contribution >= 0.6 is 0 Å². The monoisotopic (exact) mass is 234 g/mol. The van der Waals surface area contributed by atoms with E-state index in [1.165, 1.54) is 0 Å². The molecule has 17 heavy (non-hydrogen) atoms. The van der Waals surface area contributed by atoms with E-state index in [-0.39, 0.29) is 0 Å². The first kappa shape index (κ1) is 13.0. The zero-order chi connectivity index (χ0) is 12.7. The largest absolute Gasteiger partial charge is 0.479 e. The van der Waals surface area contributed by atoms with E-state index in [0.29, 0.717) is 12.0 Å². The van der Waals surface area contributed by atoms with Gasteiger partial charge in [0.1, 0.15) is 0 Å². The summed E-state index contributed by atoms with van der Waals surface area (Å²) in [5, 5.41) is 8.36. The van der Waals surface area contributed by atoms with Gasteiger partial charge in [0.25, 0.3) is 0 Å². The van der Waals surface area contributed by atoms with Crippen molar-refractivity contribution in [2.45, 2.75) is 13.3 Å². The molecular weight excluding hydrogens is 220 g/mol. The molecule has 0 amide bonds. The average Bonchev–Trinajstić information content (AvgIpc) is 2.34. The van der Waals surface area contributed by atoms with Crippen molar-refractivity contribution in [3.63, 3.8) is 0 Å². The lowest BCUT2D eigenvalue weighted by atomic mass is 10.1. The first-order valence-corrected chi connectivity index (χ1v) is 5.19. The van der Waals surface area contributed by atoms with Gasteiger partial charge in [-0.05, 0) is 18.9 Å². The van der Waals surface area contributed by atoms with Crippen LogP contribution in [0, 0.1) is 0 Å². The lowest BCUT2D eigenvalue weighted by Crippen LogP contribution is -2.13. The molecule has 0 unspecified atom stereocenters. The summed E-state index contributed by atoms with van der Waals surface area (Å²) in [7, 11) is 0. The first-order valence-electron chi connectivity index (χ1n) is 5.19. The minimum absolute atomic E-state index is 0.412. The molecule has 0 heterocycles. The maximum atomic E-state index is 11.3. The molecular formula is C13H14O4. The van der Waals surface area contributed by atoms with E-state index >= 15 is 0 Å². The summed E-state index contributed by atoms with van der Waals surface area (Å²) in [6.45, 7) is 1.00. The molecule has 0 aliphatic rings. The molecule has 0 saturated heterocycles. The van der Waals surface area contributed by atoms with Gasteiger partial charge in [-0.25, -0.2) is 9.59 Å². The quantitative estimate of drug-likeness (QED) is 0.623. The van der Waals surface area contributed by atoms with Gasteiger partial charge in [-0.2, -0.15) is 0 Å². The van der Waals surface area contributed by atoms with Gasteiger partial charge in [0.2, 0.25) is 0 Å². The van der Waals surface area contributed by atoms with Crippen molar-refractivity contribution in [3.05, 3.63) is 47.5 Å². The second-order valence-electron chi connectivity index (χ2n) is 3.55. The lowest BCUT2D eigenvalue weighted by Gasteiger charge is -2.02. The number of allylic oxidation sites excluding steroid dienone is 1. The van der Waals surface area contributed by atoms with Crippen LogP contribution in [0.4, 0.5) is 0 Å². The number of rotatable bonds is 5. The molecule has 0 fully saturated rings. The average molecular weight is 234 g/mol. The molecule has 0 bridgehead atoms. The van der Waals surface area contributed by atoms with Crippen LogP contribution in [0.15, 0.2) is 42.0 Å². The molecule has 1 aromatic rings. The summed E-state index contributed by atoms with van der Waals surface area (Å²) in [5.41, 5.74) is 1.49. The van der Waals surface area contributed by atoms with Gasteiger partial charge in [-0.3, -0.25) is 0 Å². The highest BCUT2D eigenvalue weighted by Gasteiger charge is 2.07. The van der Waals surface area contributed by atoms with Crippen molar-refractivity contribution in [3.8, 4) is 0 Å². The number of carbonyl (C=O) groups is 2. The van der Waals surface area contributed by atoms with Crippen molar-refractivity contribution in [2.24, 2.45) is 0 Å². The predicted octanol–water partition coefficient (Wildman–Crippen LogP) is 1.80. The summed E-state index contributed by atoms with van der Waals surface area (Å²) in [5.74, 6) is -1.75. The Balaban J connectivity index is 2.49. The van der Waals surface area contributed by atoms with Crippen LogP contribution in [0.2, 0.25) is 0 Å². The van der Waals surface area contributed by atoms with Gasteiger partial charge in [0.15, 0.2) is 6.61 Å². The zero-order valence-corrected chi connectivity index (χ0v) is 9.55. The van der Waals surface area contributed by atoms with E-state index in [1.807, 2.05) is 30.3 Å². The molecule has 0 aliphatic heterocycles. The summed E-state index contributed by atoms with van der Waals surface area (Å²) in [4.78, 5) is 21.5. The Morgan fingerprint density at radius 2 is 1.94 bits per heavy atom. The molecule has 0 spiro atoms. The molecule has 1 rings (SSSR count). The number of carboxylic acids is 1. The molecule has 90 valence electrons. The third kappa shape index (κ3) is 4.97. The molecule has 4 heteroatoms. The molecule has 1 N–H and O–H groups in total. The molecule has 1 aromatic carbocycles. The van der Waals surface area contributed by atoms with Gasteiger partial charge in [0.05, 0.1) is 0 Å². The molecule has 4 nitrogen and oxygen atoms in total. The fourth-order valence-electron chi connectivity index (χ4n) is 1.21. The minimum atomic E-state index is -1.16. The van der Waals surface area contributed by atoms with E-state index in [9.17, 15) is 9.59 Å². The SMILES string of the molecule is CC(=CCc1ccccc1)C(=O)OCC(=O)O. The smallest absolute Gasteiger partial charge is 0.341 e. The highest BCUT2D eigenvalue weighted by Crippen LogP contribution is 2.04. The number of aliphatic carboxylic acids is 1. The van der Waals surface area contributed by atoms with E-state index in [4.69, 9.17) is 5.11 Å². The van der Waals surface area contributed by atoms with Crippen LogP contribution in [0.5, 0.6) is 0 Å². The Bertz CT molecular complexity index is 420. The lowest BCUT2D eigenvalue weighted by molar-refractivity contribution is -0.152. The summed E-state index contributed by atoms with van der Waals surface area (Å²) in [6.07, 6.45) is 2.34. The van der Waals surface area contributed by atoms with Crippen LogP contribution in [0.1, 0.15) is 12.5 Å². The standard InChI is InChI=1S/C13H14O4/c1-10(13(16)17-9-12(14)15)7-8-11-5-3-2-4-6-11/h2-7H,8-9H2,1H3,(H,14,15). The number of hydrogen-bond acceptors (Lipinski definition) is 3. The van der Waals surface area contributed by atoms with Gasteiger partial charge in [-0.15, -0.1) is 0 Å². The van der Waals surface area contributed by atoms with Gasteiger partial charge in [-0.1, -0.05) is 36.4 Å². The second kappa shape index (κ2) is 6.48. The highest BCUT2D eigenvalue weighted by molar-refractivity contribution is 5.89. The van der Waals surface area contributed by atoms with Crippen molar-refractivity contribution < 1.29 is 19.4 Å². The Kier molecular flexibility index (Phi) is 4.94. The fraction of sp³-hybridized carbons (Fsp3) is 0.231. The van der Waals surface area contributed by atoms with Crippen LogP contribution in [-0.2, 0) is 20.7 Å². The number of ether oxygens (including phenoxy) is 1. The second-order valence-corrected chi connectivity index (χ2v) is 3.55. The summed E-state index contributed by atoms with van der Waals surface area (Å²) < 4.78 is 4.55. The number of esters is 1. The molecule has 0 radical (unpaired) electrons. The number of benzene rings is 1. The number of hydrogen-bond donors (Lipinski definition) is 1.